The van der Waals surface area contributed by atoms with Crippen molar-refractivity contribution < 1.29 is 19.0 Å². The minimum absolute atomic E-state index is 0. The van der Waals surface area contributed by atoms with E-state index < -0.39 is 0 Å². The van der Waals surface area contributed by atoms with Gasteiger partial charge in [0.1, 0.15) is 5.75 Å². The number of carbonyl (C=O) groups is 1. The van der Waals surface area contributed by atoms with Crippen LogP contribution in [0.5, 0.6) is 17.2 Å². The normalized spacial score (nSPS) is 16.6. The molecule has 1 aromatic carbocycles. The van der Waals surface area contributed by atoms with E-state index in [1.54, 1.807) is 27.4 Å². The number of halogens is 1. The number of carbonyl (C=O) groups excluding carboxylic acids is 1. The summed E-state index contributed by atoms with van der Waals surface area (Å²) >= 11 is 0. The van der Waals surface area contributed by atoms with Gasteiger partial charge in [0.25, 0.3) is 0 Å². The molecule has 1 aliphatic rings. The maximum atomic E-state index is 12.0. The second kappa shape index (κ2) is 8.70. The van der Waals surface area contributed by atoms with Gasteiger partial charge in [0, 0.05) is 18.2 Å². The Morgan fingerprint density at radius 3 is 2.36 bits per heavy atom. The van der Waals surface area contributed by atoms with E-state index in [9.17, 15) is 4.79 Å². The number of methoxy groups -OCH3 is 3. The molecule has 1 aromatic rings. The van der Waals surface area contributed by atoms with Gasteiger partial charge in [-0.2, -0.15) is 0 Å². The van der Waals surface area contributed by atoms with Gasteiger partial charge in [-0.3, -0.25) is 4.79 Å². The molecule has 124 valence electrons. The first kappa shape index (κ1) is 18.4. The molecule has 1 heterocycles. The van der Waals surface area contributed by atoms with Crippen molar-refractivity contribution >= 4 is 18.3 Å². The summed E-state index contributed by atoms with van der Waals surface area (Å²) in [5.41, 5.74) is 0.849. The number of rotatable bonds is 6. The average Bonchev–Trinajstić information content (AvgIpc) is 3.06. The maximum Gasteiger partial charge on any atom is 0.237 e. The van der Waals surface area contributed by atoms with Gasteiger partial charge in [-0.05, 0) is 25.5 Å². The van der Waals surface area contributed by atoms with Gasteiger partial charge in [-0.25, -0.2) is 0 Å². The zero-order chi connectivity index (χ0) is 15.2. The first-order valence-corrected chi connectivity index (χ1v) is 6.99. The third-order valence-corrected chi connectivity index (χ3v) is 3.62. The van der Waals surface area contributed by atoms with Crippen LogP contribution < -0.4 is 24.8 Å². The predicted octanol–water partition coefficient (Wildman–Crippen LogP) is 1.50. The van der Waals surface area contributed by atoms with E-state index in [0.717, 1.165) is 24.9 Å². The van der Waals surface area contributed by atoms with Crippen molar-refractivity contribution in [1.82, 2.24) is 10.6 Å². The van der Waals surface area contributed by atoms with E-state index in [2.05, 4.69) is 10.6 Å². The fourth-order valence-corrected chi connectivity index (χ4v) is 2.44. The standard InChI is InChI=1S/C15H22N2O4.ClH/c1-19-12-8-14(21-3)13(20-2)7-10(12)9-17-15(18)11-5-4-6-16-11;/h7-8,11,16H,4-6,9H2,1-3H3,(H,17,18);1H. The number of ether oxygens (including phenoxy) is 3. The SMILES string of the molecule is COc1cc(OC)c(OC)cc1CNC(=O)C1CCCN1.Cl. The number of amides is 1. The molecule has 0 spiro atoms. The number of hydrogen-bond acceptors (Lipinski definition) is 5. The van der Waals surface area contributed by atoms with Crippen molar-refractivity contribution in [1.29, 1.82) is 0 Å². The Morgan fingerprint density at radius 2 is 1.82 bits per heavy atom. The molecule has 1 atom stereocenters. The fraction of sp³-hybridized carbons (Fsp3) is 0.533. The summed E-state index contributed by atoms with van der Waals surface area (Å²) in [6.07, 6.45) is 1.92. The second-order valence-corrected chi connectivity index (χ2v) is 4.89. The van der Waals surface area contributed by atoms with Crippen molar-refractivity contribution in [3.05, 3.63) is 17.7 Å². The summed E-state index contributed by atoms with van der Waals surface area (Å²) in [7, 11) is 4.74. The fourth-order valence-electron chi connectivity index (χ4n) is 2.44. The molecule has 2 N–H and O–H groups in total. The highest BCUT2D eigenvalue weighted by molar-refractivity contribution is 5.85. The molecule has 22 heavy (non-hydrogen) atoms. The van der Waals surface area contributed by atoms with Crippen LogP contribution in [0.4, 0.5) is 0 Å². The van der Waals surface area contributed by atoms with Gasteiger partial charge in [0.15, 0.2) is 11.5 Å². The molecule has 0 saturated carbocycles. The van der Waals surface area contributed by atoms with Gasteiger partial charge in [-0.1, -0.05) is 0 Å². The van der Waals surface area contributed by atoms with Crippen LogP contribution in [0, 0.1) is 0 Å². The molecule has 1 amide bonds. The molecule has 2 rings (SSSR count). The van der Waals surface area contributed by atoms with Crippen molar-refractivity contribution in [3.8, 4) is 17.2 Å². The summed E-state index contributed by atoms with van der Waals surface area (Å²) in [5, 5.41) is 6.10. The third-order valence-electron chi connectivity index (χ3n) is 3.62. The summed E-state index contributed by atoms with van der Waals surface area (Å²) < 4.78 is 15.9. The van der Waals surface area contributed by atoms with Gasteiger partial charge >= 0.3 is 0 Å². The first-order valence-electron chi connectivity index (χ1n) is 6.99. The lowest BCUT2D eigenvalue weighted by atomic mass is 10.1. The van der Waals surface area contributed by atoms with Crippen LogP contribution in [0.15, 0.2) is 12.1 Å². The van der Waals surface area contributed by atoms with Crippen LogP contribution in [-0.2, 0) is 11.3 Å². The van der Waals surface area contributed by atoms with Crippen LogP contribution >= 0.6 is 12.4 Å². The smallest absolute Gasteiger partial charge is 0.237 e. The summed E-state index contributed by atoms with van der Waals surface area (Å²) in [5.74, 6) is 1.89. The van der Waals surface area contributed by atoms with E-state index in [0.29, 0.717) is 23.8 Å². The topological polar surface area (TPSA) is 68.8 Å². The van der Waals surface area contributed by atoms with Gasteiger partial charge in [-0.15, -0.1) is 12.4 Å². The average molecular weight is 331 g/mol. The lowest BCUT2D eigenvalue weighted by Crippen LogP contribution is -2.40. The van der Waals surface area contributed by atoms with Crippen LogP contribution in [0.3, 0.4) is 0 Å². The predicted molar refractivity (Wildman–Crippen MR) is 86.2 cm³/mol. The highest BCUT2D eigenvalue weighted by atomic mass is 35.5. The van der Waals surface area contributed by atoms with Crippen molar-refractivity contribution in [2.45, 2.75) is 25.4 Å². The monoisotopic (exact) mass is 330 g/mol. The minimum Gasteiger partial charge on any atom is -0.496 e. The van der Waals surface area contributed by atoms with E-state index in [1.807, 2.05) is 6.07 Å². The molecule has 0 radical (unpaired) electrons. The minimum atomic E-state index is -0.0869. The summed E-state index contributed by atoms with van der Waals surface area (Å²) in [6.45, 7) is 1.29. The Balaban J connectivity index is 0.00000242. The Hall–Kier alpha value is -1.66. The van der Waals surface area contributed by atoms with Crippen LogP contribution in [0.1, 0.15) is 18.4 Å². The third kappa shape index (κ3) is 4.18. The molecule has 1 unspecified atom stereocenters. The highest BCUT2D eigenvalue weighted by Crippen LogP contribution is 2.34. The van der Waals surface area contributed by atoms with Crippen molar-refractivity contribution in [2.75, 3.05) is 27.9 Å². The van der Waals surface area contributed by atoms with Crippen LogP contribution in [0.2, 0.25) is 0 Å². The number of hydrogen-bond donors (Lipinski definition) is 2. The second-order valence-electron chi connectivity index (χ2n) is 4.89. The highest BCUT2D eigenvalue weighted by Gasteiger charge is 2.22. The molecule has 1 fully saturated rings. The summed E-state index contributed by atoms with van der Waals surface area (Å²) in [6, 6.07) is 3.49. The molecule has 6 nitrogen and oxygen atoms in total. The molecular formula is C15H23ClN2O4. The molecular weight excluding hydrogens is 308 g/mol. The maximum absolute atomic E-state index is 12.0. The van der Waals surface area contributed by atoms with Gasteiger partial charge in [0.05, 0.1) is 27.4 Å². The lowest BCUT2D eigenvalue weighted by Gasteiger charge is -2.16. The van der Waals surface area contributed by atoms with Crippen molar-refractivity contribution in [2.24, 2.45) is 0 Å². The van der Waals surface area contributed by atoms with Crippen LogP contribution in [-0.4, -0.2) is 39.8 Å². The van der Waals surface area contributed by atoms with Crippen molar-refractivity contribution in [3.63, 3.8) is 0 Å². The number of benzene rings is 1. The Labute approximate surface area is 136 Å². The zero-order valence-corrected chi connectivity index (χ0v) is 13.9. The van der Waals surface area contributed by atoms with E-state index >= 15 is 0 Å². The van der Waals surface area contributed by atoms with E-state index in [1.165, 1.54) is 0 Å². The quantitative estimate of drug-likeness (QED) is 0.827. The summed E-state index contributed by atoms with van der Waals surface area (Å²) in [4.78, 5) is 12.0. The lowest BCUT2D eigenvalue weighted by molar-refractivity contribution is -0.122. The molecule has 1 aliphatic heterocycles. The zero-order valence-electron chi connectivity index (χ0n) is 13.1. The molecule has 7 heteroatoms. The largest absolute Gasteiger partial charge is 0.496 e. The Bertz CT molecular complexity index is 505. The molecule has 1 saturated heterocycles. The molecule has 0 bridgehead atoms. The first-order chi connectivity index (χ1) is 10.2. The number of nitrogens with one attached hydrogen (secondary N) is 2. The van der Waals surface area contributed by atoms with E-state index in [4.69, 9.17) is 14.2 Å². The Kier molecular flexibility index (Phi) is 7.27. The molecule has 0 aromatic heterocycles. The van der Waals surface area contributed by atoms with E-state index in [-0.39, 0.29) is 24.4 Å². The Morgan fingerprint density at radius 1 is 1.18 bits per heavy atom. The molecule has 0 aliphatic carbocycles. The van der Waals surface area contributed by atoms with Crippen LogP contribution in [0.25, 0.3) is 0 Å². The van der Waals surface area contributed by atoms with Gasteiger partial charge in [0.2, 0.25) is 5.91 Å². The van der Waals surface area contributed by atoms with Gasteiger partial charge < -0.3 is 24.8 Å².